The fourth-order valence-corrected chi connectivity index (χ4v) is 2.88. The van der Waals surface area contributed by atoms with E-state index in [1.165, 1.54) is 12.4 Å². The van der Waals surface area contributed by atoms with Crippen molar-refractivity contribution in [3.8, 4) is 0 Å². The van der Waals surface area contributed by atoms with Crippen molar-refractivity contribution in [2.45, 2.75) is 32.7 Å². The fourth-order valence-electron chi connectivity index (χ4n) is 2.88. The quantitative estimate of drug-likeness (QED) is 0.266. The fraction of sp³-hybridized carbons (Fsp3) is 0.286. The van der Waals surface area contributed by atoms with Crippen molar-refractivity contribution >= 4 is 29.9 Å². The number of rotatable bonds is 7. The predicted octanol–water partition coefficient (Wildman–Crippen LogP) is 4.22. The maximum atomic E-state index is 12.9. The van der Waals surface area contributed by atoms with E-state index in [1.807, 2.05) is 31.2 Å². The summed E-state index contributed by atoms with van der Waals surface area (Å²) >= 11 is 0. The zero-order valence-electron chi connectivity index (χ0n) is 16.9. The molecular formula is C21H24F3IN6. The molecule has 0 radical (unpaired) electrons. The van der Waals surface area contributed by atoms with Crippen molar-refractivity contribution in [3.05, 3.63) is 83.4 Å². The molecule has 0 unspecified atom stereocenters. The smallest absolute Gasteiger partial charge is 0.357 e. The van der Waals surface area contributed by atoms with Gasteiger partial charge >= 0.3 is 6.18 Å². The number of benzene rings is 2. The monoisotopic (exact) mass is 544 g/mol. The maximum absolute atomic E-state index is 12.9. The predicted molar refractivity (Wildman–Crippen MR) is 124 cm³/mol. The van der Waals surface area contributed by atoms with Crippen molar-refractivity contribution in [2.24, 2.45) is 4.99 Å². The zero-order valence-corrected chi connectivity index (χ0v) is 19.3. The van der Waals surface area contributed by atoms with Crippen molar-refractivity contribution < 1.29 is 13.2 Å². The second-order valence-corrected chi connectivity index (χ2v) is 6.66. The largest absolute Gasteiger partial charge is 0.416 e. The molecule has 3 rings (SSSR count). The zero-order chi connectivity index (χ0) is 21.4. The molecule has 0 aliphatic heterocycles. The Balaban J connectivity index is 0.00000341. The number of aliphatic imine (C=N–C) groups is 1. The lowest BCUT2D eigenvalue weighted by Gasteiger charge is -2.13. The topological polar surface area (TPSA) is 67.1 Å². The lowest BCUT2D eigenvalue weighted by molar-refractivity contribution is -0.137. The highest BCUT2D eigenvalue weighted by Gasteiger charge is 2.30. The summed E-state index contributed by atoms with van der Waals surface area (Å²) in [6, 6.07) is 13.3. The van der Waals surface area contributed by atoms with Gasteiger partial charge in [-0.3, -0.25) is 0 Å². The van der Waals surface area contributed by atoms with E-state index in [9.17, 15) is 13.2 Å². The third-order valence-corrected chi connectivity index (χ3v) is 4.28. The lowest BCUT2D eigenvalue weighted by atomic mass is 10.1. The van der Waals surface area contributed by atoms with Gasteiger partial charge in [0.05, 0.1) is 18.7 Å². The normalized spacial score (nSPS) is 11.7. The number of hydrogen-bond donors (Lipinski definition) is 2. The Morgan fingerprint density at radius 3 is 2.48 bits per heavy atom. The first kappa shape index (κ1) is 24.6. The van der Waals surface area contributed by atoms with E-state index in [0.29, 0.717) is 31.2 Å². The van der Waals surface area contributed by atoms with Gasteiger partial charge in [-0.05, 0) is 35.7 Å². The third kappa shape index (κ3) is 7.85. The summed E-state index contributed by atoms with van der Waals surface area (Å²) in [6.45, 7) is 3.86. The van der Waals surface area contributed by atoms with E-state index < -0.39 is 11.7 Å². The van der Waals surface area contributed by atoms with E-state index in [4.69, 9.17) is 0 Å². The van der Waals surface area contributed by atoms with Crippen LogP contribution in [0.15, 0.2) is 66.2 Å². The number of alkyl halides is 3. The molecule has 31 heavy (non-hydrogen) atoms. The average Bonchev–Trinajstić information content (AvgIpc) is 3.23. The number of hydrogen-bond acceptors (Lipinski definition) is 3. The second kappa shape index (κ2) is 11.7. The molecule has 10 heteroatoms. The van der Waals surface area contributed by atoms with Crippen LogP contribution in [-0.2, 0) is 25.8 Å². The highest BCUT2D eigenvalue weighted by atomic mass is 127. The highest BCUT2D eigenvalue weighted by Crippen LogP contribution is 2.29. The number of halogens is 4. The van der Waals surface area contributed by atoms with Gasteiger partial charge in [0.2, 0.25) is 0 Å². The van der Waals surface area contributed by atoms with Gasteiger partial charge in [-0.25, -0.2) is 14.7 Å². The summed E-state index contributed by atoms with van der Waals surface area (Å²) < 4.78 is 40.4. The average molecular weight is 544 g/mol. The first-order valence-electron chi connectivity index (χ1n) is 9.52. The molecule has 0 amide bonds. The number of nitrogens with one attached hydrogen (secondary N) is 2. The van der Waals surface area contributed by atoms with Gasteiger partial charge in [0.1, 0.15) is 12.7 Å². The van der Waals surface area contributed by atoms with Gasteiger partial charge in [-0.15, -0.1) is 24.0 Å². The Hall–Kier alpha value is -2.63. The number of nitrogens with zero attached hydrogens (tertiary/aromatic N) is 4. The molecular weight excluding hydrogens is 520 g/mol. The molecule has 0 saturated carbocycles. The van der Waals surface area contributed by atoms with E-state index in [1.54, 1.807) is 17.1 Å². The minimum atomic E-state index is -4.36. The van der Waals surface area contributed by atoms with E-state index in [2.05, 4.69) is 25.7 Å². The van der Waals surface area contributed by atoms with E-state index in [0.717, 1.165) is 23.3 Å². The van der Waals surface area contributed by atoms with Crippen LogP contribution in [0.2, 0.25) is 0 Å². The van der Waals surface area contributed by atoms with Crippen LogP contribution in [0.3, 0.4) is 0 Å². The van der Waals surface area contributed by atoms with Crippen molar-refractivity contribution in [1.29, 1.82) is 0 Å². The number of guanidine groups is 1. The van der Waals surface area contributed by atoms with Crippen LogP contribution in [0.25, 0.3) is 0 Å². The summed E-state index contributed by atoms with van der Waals surface area (Å²) in [7, 11) is 0. The molecule has 0 fully saturated rings. The summed E-state index contributed by atoms with van der Waals surface area (Å²) in [5.41, 5.74) is 1.97. The molecule has 0 aliphatic rings. The van der Waals surface area contributed by atoms with Crippen LogP contribution in [-0.4, -0.2) is 27.3 Å². The Kier molecular flexibility index (Phi) is 9.28. The third-order valence-electron chi connectivity index (χ3n) is 4.28. The van der Waals surface area contributed by atoms with Crippen LogP contribution in [0.5, 0.6) is 0 Å². The SMILES string of the molecule is CCNC(=NCc1cccc(Cn2cncn2)c1)NCc1cccc(C(F)(F)F)c1.I. The molecule has 2 N–H and O–H groups in total. The standard InChI is InChI=1S/C21H23F3N6.HI/c1-2-26-20(28-12-17-6-4-8-19(10-17)21(22,23)24)27-11-16-5-3-7-18(9-16)13-30-15-25-14-29-30;/h3-10,14-15H,2,11-13H2,1H3,(H2,26,27,28);1H. The molecule has 1 aromatic heterocycles. The van der Waals surface area contributed by atoms with E-state index in [-0.39, 0.29) is 30.5 Å². The summed E-state index contributed by atoms with van der Waals surface area (Å²) in [6.07, 6.45) is -1.20. The van der Waals surface area contributed by atoms with Gasteiger partial charge in [0, 0.05) is 13.1 Å². The van der Waals surface area contributed by atoms with Crippen LogP contribution in [0.4, 0.5) is 13.2 Å². The molecule has 1 heterocycles. The molecule has 0 atom stereocenters. The first-order valence-corrected chi connectivity index (χ1v) is 9.52. The summed E-state index contributed by atoms with van der Waals surface area (Å²) in [5, 5.41) is 10.3. The van der Waals surface area contributed by atoms with Crippen LogP contribution in [0, 0.1) is 0 Å². The molecule has 0 aliphatic carbocycles. The number of aromatic nitrogens is 3. The minimum Gasteiger partial charge on any atom is -0.357 e. The summed E-state index contributed by atoms with van der Waals surface area (Å²) in [5.74, 6) is 0.539. The van der Waals surface area contributed by atoms with Crippen molar-refractivity contribution in [2.75, 3.05) is 6.54 Å². The Bertz CT molecular complexity index is 973. The van der Waals surface area contributed by atoms with Crippen molar-refractivity contribution in [3.63, 3.8) is 0 Å². The lowest BCUT2D eigenvalue weighted by Crippen LogP contribution is -2.36. The van der Waals surface area contributed by atoms with Gasteiger partial charge in [-0.2, -0.15) is 18.3 Å². The van der Waals surface area contributed by atoms with Gasteiger partial charge in [-0.1, -0.05) is 36.4 Å². The molecule has 166 valence electrons. The maximum Gasteiger partial charge on any atom is 0.416 e. The molecule has 2 aromatic carbocycles. The van der Waals surface area contributed by atoms with Crippen LogP contribution >= 0.6 is 24.0 Å². The Morgan fingerprint density at radius 2 is 1.77 bits per heavy atom. The van der Waals surface area contributed by atoms with Gasteiger partial charge in [0.25, 0.3) is 0 Å². The second-order valence-electron chi connectivity index (χ2n) is 6.66. The van der Waals surface area contributed by atoms with Crippen LogP contribution < -0.4 is 10.6 Å². The Labute approximate surface area is 196 Å². The van der Waals surface area contributed by atoms with Gasteiger partial charge < -0.3 is 10.6 Å². The molecule has 0 bridgehead atoms. The molecule has 0 saturated heterocycles. The van der Waals surface area contributed by atoms with E-state index >= 15 is 0 Å². The molecule has 6 nitrogen and oxygen atoms in total. The molecule has 3 aromatic rings. The Morgan fingerprint density at radius 1 is 1.03 bits per heavy atom. The minimum absolute atomic E-state index is 0. The van der Waals surface area contributed by atoms with Crippen LogP contribution in [0.1, 0.15) is 29.2 Å². The first-order chi connectivity index (χ1) is 14.4. The highest BCUT2D eigenvalue weighted by molar-refractivity contribution is 14.0. The molecule has 0 spiro atoms. The summed E-state index contributed by atoms with van der Waals surface area (Å²) in [4.78, 5) is 8.48. The van der Waals surface area contributed by atoms with Gasteiger partial charge in [0.15, 0.2) is 5.96 Å². The van der Waals surface area contributed by atoms with Crippen molar-refractivity contribution in [1.82, 2.24) is 25.4 Å².